The normalized spacial score (nSPS) is 11.0. The summed E-state index contributed by atoms with van der Waals surface area (Å²) in [7, 11) is 0. The van der Waals surface area contributed by atoms with Gasteiger partial charge in [-0.3, -0.25) is 9.59 Å². The Labute approximate surface area is 132 Å². The number of hydrogen-bond donors (Lipinski definition) is 2. The van der Waals surface area contributed by atoms with E-state index in [4.69, 9.17) is 0 Å². The molecule has 0 saturated carbocycles. The molecule has 0 aliphatic rings. The van der Waals surface area contributed by atoms with Crippen LogP contribution in [0.15, 0.2) is 42.5 Å². The van der Waals surface area contributed by atoms with E-state index in [0.717, 1.165) is 30.3 Å². The molecule has 4 nitrogen and oxygen atoms in total. The lowest BCUT2D eigenvalue weighted by Gasteiger charge is -2.13. The molecule has 0 saturated heterocycles. The molecule has 2 aromatic rings. The minimum atomic E-state index is -4.73. The van der Waals surface area contributed by atoms with Crippen molar-refractivity contribution in [3.05, 3.63) is 59.7 Å². The number of carbonyl (C=O) groups excluding carboxylic acids is 2. The molecule has 9 heteroatoms. The largest absolute Gasteiger partial charge is 0.418 e. The number of amides is 2. The van der Waals surface area contributed by atoms with Gasteiger partial charge >= 0.3 is 18.0 Å². The van der Waals surface area contributed by atoms with Crippen molar-refractivity contribution in [2.24, 2.45) is 0 Å². The summed E-state index contributed by atoms with van der Waals surface area (Å²) in [6, 6.07) is 6.25. The summed E-state index contributed by atoms with van der Waals surface area (Å²) in [6.07, 6.45) is -4.73. The molecule has 2 rings (SSSR count). The van der Waals surface area contributed by atoms with Gasteiger partial charge < -0.3 is 10.6 Å². The Morgan fingerprint density at radius 3 is 2.00 bits per heavy atom. The number of para-hydroxylation sites is 1. The van der Waals surface area contributed by atoms with Crippen molar-refractivity contribution in [1.29, 1.82) is 0 Å². The average molecular weight is 344 g/mol. The first kappa shape index (κ1) is 17.4. The zero-order chi connectivity index (χ0) is 17.9. The quantitative estimate of drug-likeness (QED) is 0.646. The summed E-state index contributed by atoms with van der Waals surface area (Å²) in [5.74, 6) is -4.87. The second-order valence-corrected chi connectivity index (χ2v) is 4.58. The van der Waals surface area contributed by atoms with Crippen LogP contribution in [-0.4, -0.2) is 11.8 Å². The van der Waals surface area contributed by atoms with Crippen molar-refractivity contribution in [1.82, 2.24) is 0 Å². The Morgan fingerprint density at radius 2 is 1.42 bits per heavy atom. The molecule has 24 heavy (non-hydrogen) atoms. The van der Waals surface area contributed by atoms with Gasteiger partial charge in [0.15, 0.2) is 0 Å². The van der Waals surface area contributed by atoms with E-state index < -0.39 is 46.6 Å². The van der Waals surface area contributed by atoms with Gasteiger partial charge in [0.25, 0.3) is 0 Å². The van der Waals surface area contributed by atoms with Crippen molar-refractivity contribution >= 4 is 23.2 Å². The molecular weight excluding hydrogens is 335 g/mol. The Bertz CT molecular complexity index is 790. The fourth-order valence-electron chi connectivity index (χ4n) is 1.79. The zero-order valence-electron chi connectivity index (χ0n) is 11.7. The molecule has 0 aromatic heterocycles. The van der Waals surface area contributed by atoms with Crippen LogP contribution in [0.3, 0.4) is 0 Å². The summed E-state index contributed by atoms with van der Waals surface area (Å²) in [4.78, 5) is 23.3. The monoisotopic (exact) mass is 344 g/mol. The van der Waals surface area contributed by atoms with Crippen molar-refractivity contribution in [2.75, 3.05) is 10.6 Å². The lowest BCUT2D eigenvalue weighted by molar-refractivity contribution is -0.137. The van der Waals surface area contributed by atoms with Gasteiger partial charge in [-0.15, -0.1) is 0 Å². The van der Waals surface area contributed by atoms with Crippen LogP contribution in [0, 0.1) is 11.6 Å². The van der Waals surface area contributed by atoms with Gasteiger partial charge in [-0.05, 0) is 24.3 Å². The minimum absolute atomic E-state index is 0.479. The average Bonchev–Trinajstić information content (AvgIpc) is 2.49. The van der Waals surface area contributed by atoms with Gasteiger partial charge in [-0.25, -0.2) is 8.78 Å². The molecule has 2 N–H and O–H groups in total. The molecule has 0 fully saturated rings. The Hall–Kier alpha value is -2.97. The maximum atomic E-state index is 13.4. The number of halogens is 5. The van der Waals surface area contributed by atoms with Gasteiger partial charge in [-0.1, -0.05) is 12.1 Å². The molecule has 2 amide bonds. The van der Waals surface area contributed by atoms with Crippen molar-refractivity contribution in [3.8, 4) is 0 Å². The molecule has 0 bridgehead atoms. The highest BCUT2D eigenvalue weighted by atomic mass is 19.4. The van der Waals surface area contributed by atoms with Gasteiger partial charge in [-0.2, -0.15) is 13.2 Å². The van der Waals surface area contributed by atoms with Crippen molar-refractivity contribution in [3.63, 3.8) is 0 Å². The van der Waals surface area contributed by atoms with Crippen LogP contribution in [0.2, 0.25) is 0 Å². The SMILES string of the molecule is O=C(Nc1ccc(F)cc1F)C(=O)Nc1ccccc1C(F)(F)F. The molecule has 2 aromatic carbocycles. The highest BCUT2D eigenvalue weighted by Gasteiger charge is 2.34. The molecule has 0 aliphatic heterocycles. The van der Waals surface area contributed by atoms with Crippen LogP contribution in [0.1, 0.15) is 5.56 Å². The van der Waals surface area contributed by atoms with Gasteiger partial charge in [0, 0.05) is 6.07 Å². The maximum absolute atomic E-state index is 13.4. The van der Waals surface area contributed by atoms with Crippen molar-refractivity contribution in [2.45, 2.75) is 6.18 Å². The first-order chi connectivity index (χ1) is 11.2. The number of alkyl halides is 3. The van der Waals surface area contributed by atoms with E-state index >= 15 is 0 Å². The third-order valence-corrected chi connectivity index (χ3v) is 2.87. The Balaban J connectivity index is 2.14. The number of benzene rings is 2. The second-order valence-electron chi connectivity index (χ2n) is 4.58. The molecule has 0 unspecified atom stereocenters. The van der Waals surface area contributed by atoms with Crippen LogP contribution < -0.4 is 10.6 Å². The number of carbonyl (C=O) groups is 2. The fourth-order valence-corrected chi connectivity index (χ4v) is 1.79. The van der Waals surface area contributed by atoms with E-state index in [1.165, 1.54) is 6.07 Å². The molecule has 0 radical (unpaired) electrons. The van der Waals surface area contributed by atoms with E-state index in [1.54, 1.807) is 5.32 Å². The van der Waals surface area contributed by atoms with Crippen molar-refractivity contribution < 1.29 is 31.5 Å². The van der Waals surface area contributed by atoms with Gasteiger partial charge in [0.2, 0.25) is 0 Å². The van der Waals surface area contributed by atoms with Crippen LogP contribution in [0.25, 0.3) is 0 Å². The summed E-state index contributed by atoms with van der Waals surface area (Å²) >= 11 is 0. The number of anilines is 2. The molecule has 0 atom stereocenters. The highest BCUT2D eigenvalue weighted by molar-refractivity contribution is 6.43. The van der Waals surface area contributed by atoms with E-state index in [-0.39, 0.29) is 0 Å². The molecule has 0 spiro atoms. The van der Waals surface area contributed by atoms with E-state index in [1.807, 2.05) is 5.32 Å². The first-order valence-corrected chi connectivity index (χ1v) is 6.42. The first-order valence-electron chi connectivity index (χ1n) is 6.42. The van der Waals surface area contributed by atoms with Crippen LogP contribution in [0.5, 0.6) is 0 Å². The van der Waals surface area contributed by atoms with E-state index in [9.17, 15) is 31.5 Å². The van der Waals surface area contributed by atoms with Gasteiger partial charge in [0.05, 0.1) is 16.9 Å². The second kappa shape index (κ2) is 6.65. The lowest BCUT2D eigenvalue weighted by atomic mass is 10.1. The lowest BCUT2D eigenvalue weighted by Crippen LogP contribution is -2.30. The predicted octanol–water partition coefficient (Wildman–Crippen LogP) is 3.56. The third kappa shape index (κ3) is 4.06. The number of hydrogen-bond acceptors (Lipinski definition) is 2. The molecular formula is C15H9F5N2O2. The molecule has 126 valence electrons. The Morgan fingerprint density at radius 1 is 0.833 bits per heavy atom. The smallest absolute Gasteiger partial charge is 0.317 e. The maximum Gasteiger partial charge on any atom is 0.418 e. The van der Waals surface area contributed by atoms with Gasteiger partial charge in [0.1, 0.15) is 11.6 Å². The summed E-state index contributed by atoms with van der Waals surface area (Å²) in [5, 5.41) is 3.64. The molecule has 0 aliphatic carbocycles. The standard InChI is InChI=1S/C15H9F5N2O2/c16-8-5-6-12(10(17)7-8)22-14(24)13(23)21-11-4-2-1-3-9(11)15(18,19)20/h1-7H,(H,21,23)(H,22,24). The summed E-state index contributed by atoms with van der Waals surface area (Å²) < 4.78 is 64.5. The fraction of sp³-hybridized carbons (Fsp3) is 0.0667. The number of nitrogens with one attached hydrogen (secondary N) is 2. The van der Waals surface area contributed by atoms with Crippen LogP contribution in [0.4, 0.5) is 33.3 Å². The third-order valence-electron chi connectivity index (χ3n) is 2.87. The summed E-state index contributed by atoms with van der Waals surface area (Å²) in [5.41, 5.74) is -2.25. The van der Waals surface area contributed by atoms with E-state index in [2.05, 4.69) is 0 Å². The zero-order valence-corrected chi connectivity index (χ0v) is 11.7. The minimum Gasteiger partial charge on any atom is -0.317 e. The number of rotatable bonds is 2. The topological polar surface area (TPSA) is 58.2 Å². The predicted molar refractivity (Wildman–Crippen MR) is 75.1 cm³/mol. The molecule has 0 heterocycles. The Kier molecular flexibility index (Phi) is 4.82. The van der Waals surface area contributed by atoms with Crippen LogP contribution >= 0.6 is 0 Å². The van der Waals surface area contributed by atoms with E-state index in [0.29, 0.717) is 6.07 Å². The highest BCUT2D eigenvalue weighted by Crippen LogP contribution is 2.34. The van der Waals surface area contributed by atoms with Crippen LogP contribution in [-0.2, 0) is 15.8 Å². The summed E-state index contributed by atoms with van der Waals surface area (Å²) in [6.45, 7) is 0.